The second kappa shape index (κ2) is 4.29. The molecule has 0 aliphatic heterocycles. The molecule has 5 heteroatoms. The van der Waals surface area contributed by atoms with Crippen molar-refractivity contribution in [2.75, 3.05) is 0 Å². The van der Waals surface area contributed by atoms with Crippen LogP contribution in [0.4, 0.5) is 0 Å². The van der Waals surface area contributed by atoms with Crippen LogP contribution in [-0.2, 0) is 0 Å². The monoisotopic (exact) mass is 239 g/mol. The van der Waals surface area contributed by atoms with Crippen LogP contribution in [0.5, 0.6) is 5.75 Å². The summed E-state index contributed by atoms with van der Waals surface area (Å²) in [5, 5.41) is 7.86. The molecule has 0 aliphatic rings. The topological polar surface area (TPSA) is 57.0 Å². The van der Waals surface area contributed by atoms with Gasteiger partial charge < -0.3 is 4.84 Å². The first-order chi connectivity index (χ1) is 8.88. The first kappa shape index (κ1) is 10.5. The van der Waals surface area contributed by atoms with Crippen molar-refractivity contribution in [3.8, 4) is 5.75 Å². The predicted molar refractivity (Wildman–Crippen MR) is 65.4 cm³/mol. The number of rotatable bonds is 3. The summed E-state index contributed by atoms with van der Waals surface area (Å²) in [4.78, 5) is 17.8. The second-order valence-corrected chi connectivity index (χ2v) is 3.70. The largest absolute Gasteiger partial charge is 0.355 e. The van der Waals surface area contributed by atoms with Crippen molar-refractivity contribution in [3.63, 3.8) is 0 Å². The SMILES string of the molecule is O=Cc1ccccc1On1nnc2ccccc21. The third kappa shape index (κ3) is 1.71. The van der Waals surface area contributed by atoms with Gasteiger partial charge in [0.2, 0.25) is 0 Å². The molecule has 5 nitrogen and oxygen atoms in total. The average Bonchev–Trinajstić information content (AvgIpc) is 2.83. The van der Waals surface area contributed by atoms with Gasteiger partial charge in [-0.25, -0.2) is 0 Å². The molecule has 3 rings (SSSR count). The summed E-state index contributed by atoms with van der Waals surface area (Å²) in [5.41, 5.74) is 1.95. The number of hydrogen-bond donors (Lipinski definition) is 0. The highest BCUT2D eigenvalue weighted by molar-refractivity contribution is 5.79. The van der Waals surface area contributed by atoms with Crippen molar-refractivity contribution in [2.24, 2.45) is 0 Å². The first-order valence-corrected chi connectivity index (χ1v) is 5.41. The molecule has 88 valence electrons. The lowest BCUT2D eigenvalue weighted by molar-refractivity contribution is 0.111. The Kier molecular flexibility index (Phi) is 2.49. The van der Waals surface area contributed by atoms with Crippen LogP contribution in [0.15, 0.2) is 48.5 Å². The Bertz CT molecular complexity index is 706. The Labute approximate surface area is 103 Å². The minimum atomic E-state index is 0.447. The van der Waals surface area contributed by atoms with Gasteiger partial charge in [-0.3, -0.25) is 4.79 Å². The predicted octanol–water partition coefficient (Wildman–Crippen LogP) is 2.09. The highest BCUT2D eigenvalue weighted by Crippen LogP contribution is 2.18. The number of para-hydroxylation sites is 2. The molecule has 0 saturated heterocycles. The molecule has 0 unspecified atom stereocenters. The Hall–Kier alpha value is -2.69. The van der Waals surface area contributed by atoms with Crippen LogP contribution >= 0.6 is 0 Å². The minimum absolute atomic E-state index is 0.447. The van der Waals surface area contributed by atoms with E-state index in [1.807, 2.05) is 24.3 Å². The minimum Gasteiger partial charge on any atom is -0.355 e. The molecule has 2 aromatic carbocycles. The van der Waals surface area contributed by atoms with Crippen LogP contribution in [0.2, 0.25) is 0 Å². The zero-order valence-electron chi connectivity index (χ0n) is 9.35. The average molecular weight is 239 g/mol. The van der Waals surface area contributed by atoms with Crippen molar-refractivity contribution < 1.29 is 9.63 Å². The van der Waals surface area contributed by atoms with Gasteiger partial charge in [-0.1, -0.05) is 29.1 Å². The lowest BCUT2D eigenvalue weighted by atomic mass is 10.2. The summed E-state index contributed by atoms with van der Waals surface area (Å²) in [6.07, 6.45) is 0.744. The van der Waals surface area contributed by atoms with Crippen LogP contribution in [0, 0.1) is 0 Å². The zero-order valence-corrected chi connectivity index (χ0v) is 9.35. The van der Waals surface area contributed by atoms with Crippen LogP contribution in [0.1, 0.15) is 10.4 Å². The van der Waals surface area contributed by atoms with E-state index >= 15 is 0 Å². The van der Waals surface area contributed by atoms with Gasteiger partial charge in [-0.05, 0) is 29.5 Å². The van der Waals surface area contributed by atoms with Crippen molar-refractivity contribution in [1.82, 2.24) is 15.2 Å². The van der Waals surface area contributed by atoms with Gasteiger partial charge in [0.1, 0.15) is 11.0 Å². The number of carbonyl (C=O) groups excluding carboxylic acids is 1. The lowest BCUT2D eigenvalue weighted by Crippen LogP contribution is -2.08. The lowest BCUT2D eigenvalue weighted by Gasteiger charge is -2.06. The number of aromatic nitrogens is 3. The first-order valence-electron chi connectivity index (χ1n) is 5.41. The van der Waals surface area contributed by atoms with Crippen LogP contribution < -0.4 is 4.84 Å². The van der Waals surface area contributed by atoms with Gasteiger partial charge in [-0.2, -0.15) is 0 Å². The summed E-state index contributed by atoms with van der Waals surface area (Å²) in [7, 11) is 0. The molecule has 0 N–H and O–H groups in total. The molecule has 3 aromatic rings. The van der Waals surface area contributed by atoms with E-state index < -0.39 is 0 Å². The van der Waals surface area contributed by atoms with E-state index in [2.05, 4.69) is 10.3 Å². The van der Waals surface area contributed by atoms with Crippen molar-refractivity contribution in [2.45, 2.75) is 0 Å². The number of fused-ring (bicyclic) bond motifs is 1. The fraction of sp³-hybridized carbons (Fsp3) is 0. The van der Waals surface area contributed by atoms with E-state index in [-0.39, 0.29) is 0 Å². The molecule has 0 fully saturated rings. The third-order valence-electron chi connectivity index (χ3n) is 2.55. The molecule has 0 radical (unpaired) electrons. The molecule has 1 heterocycles. The fourth-order valence-electron chi connectivity index (χ4n) is 1.67. The zero-order chi connectivity index (χ0) is 12.4. The maximum Gasteiger partial charge on any atom is 0.168 e. The highest BCUT2D eigenvalue weighted by Gasteiger charge is 2.07. The van der Waals surface area contributed by atoms with Crippen molar-refractivity contribution in [3.05, 3.63) is 54.1 Å². The second-order valence-electron chi connectivity index (χ2n) is 3.70. The number of hydrogen-bond acceptors (Lipinski definition) is 4. The number of benzene rings is 2. The molecular weight excluding hydrogens is 230 g/mol. The maximum absolute atomic E-state index is 10.9. The van der Waals surface area contributed by atoms with Gasteiger partial charge in [0.05, 0.1) is 5.56 Å². The van der Waals surface area contributed by atoms with Gasteiger partial charge in [0, 0.05) is 0 Å². The maximum atomic E-state index is 10.9. The molecule has 0 spiro atoms. The smallest absolute Gasteiger partial charge is 0.168 e. The molecular formula is C13H9N3O2. The normalized spacial score (nSPS) is 10.4. The Morgan fingerprint density at radius 1 is 1.06 bits per heavy atom. The van der Waals surface area contributed by atoms with Gasteiger partial charge >= 0.3 is 0 Å². The highest BCUT2D eigenvalue weighted by atomic mass is 16.7. The third-order valence-corrected chi connectivity index (χ3v) is 2.55. The summed E-state index contributed by atoms with van der Waals surface area (Å²) < 4.78 is 0. The van der Waals surface area contributed by atoms with E-state index in [1.54, 1.807) is 24.3 Å². The molecule has 0 saturated carbocycles. The number of aldehydes is 1. The van der Waals surface area contributed by atoms with Gasteiger partial charge in [0.25, 0.3) is 0 Å². The Morgan fingerprint density at radius 3 is 2.72 bits per heavy atom. The number of carbonyl (C=O) groups is 1. The van der Waals surface area contributed by atoms with Gasteiger partial charge in [0.15, 0.2) is 12.0 Å². The molecule has 1 aromatic heterocycles. The molecule has 0 amide bonds. The summed E-state index contributed by atoms with van der Waals surface area (Å²) >= 11 is 0. The standard InChI is InChI=1S/C13H9N3O2/c17-9-10-5-1-4-8-13(10)18-16-12-7-3-2-6-11(12)14-15-16/h1-9H. The Morgan fingerprint density at radius 2 is 1.83 bits per heavy atom. The van der Waals surface area contributed by atoms with Crippen molar-refractivity contribution >= 4 is 17.3 Å². The van der Waals surface area contributed by atoms with E-state index in [0.717, 1.165) is 17.3 Å². The van der Waals surface area contributed by atoms with Gasteiger partial charge in [-0.15, -0.1) is 5.10 Å². The van der Waals surface area contributed by atoms with Crippen LogP contribution in [0.25, 0.3) is 11.0 Å². The Balaban J connectivity index is 2.04. The van der Waals surface area contributed by atoms with E-state index in [0.29, 0.717) is 11.3 Å². The quantitative estimate of drug-likeness (QED) is 0.656. The van der Waals surface area contributed by atoms with Crippen LogP contribution in [-0.4, -0.2) is 21.4 Å². The number of nitrogens with zero attached hydrogens (tertiary/aromatic N) is 3. The molecule has 0 bridgehead atoms. The van der Waals surface area contributed by atoms with E-state index in [4.69, 9.17) is 4.84 Å². The van der Waals surface area contributed by atoms with Crippen molar-refractivity contribution in [1.29, 1.82) is 0 Å². The molecule has 0 atom stereocenters. The summed E-state index contributed by atoms with van der Waals surface area (Å²) in [6, 6.07) is 14.4. The van der Waals surface area contributed by atoms with Crippen LogP contribution in [0.3, 0.4) is 0 Å². The fourth-order valence-corrected chi connectivity index (χ4v) is 1.67. The summed E-state index contributed by atoms with van der Waals surface area (Å²) in [6.45, 7) is 0. The van der Waals surface area contributed by atoms with E-state index in [1.165, 1.54) is 4.85 Å². The summed E-state index contributed by atoms with van der Waals surface area (Å²) in [5.74, 6) is 0.447. The molecule has 0 aliphatic carbocycles. The molecule has 18 heavy (non-hydrogen) atoms. The van der Waals surface area contributed by atoms with E-state index in [9.17, 15) is 4.79 Å².